The van der Waals surface area contributed by atoms with Crippen molar-refractivity contribution in [3.05, 3.63) is 74.5 Å². The monoisotopic (exact) mass is 534 g/mol. The molecule has 2 aliphatic rings. The molecular weight excluding hydrogens is 504 g/mol. The number of ether oxygens (including phenoxy) is 1. The van der Waals surface area contributed by atoms with Crippen molar-refractivity contribution >= 4 is 51.7 Å². The predicted octanol–water partition coefficient (Wildman–Crippen LogP) is 4.69. The third-order valence-electron chi connectivity index (χ3n) is 7.00. The van der Waals surface area contributed by atoms with Gasteiger partial charge in [0.15, 0.2) is 0 Å². The number of anilines is 1. The largest absolute Gasteiger partial charge is 0.497 e. The number of thioether (sulfide) groups is 1. The highest BCUT2D eigenvalue weighted by molar-refractivity contribution is 8.26. The van der Waals surface area contributed by atoms with Gasteiger partial charge in [-0.3, -0.25) is 18.9 Å². The minimum absolute atomic E-state index is 0.171. The van der Waals surface area contributed by atoms with Gasteiger partial charge in [-0.25, -0.2) is 4.98 Å². The smallest absolute Gasteiger partial charge is 0.267 e. The summed E-state index contributed by atoms with van der Waals surface area (Å²) in [6.07, 6.45) is 6.25. The highest BCUT2D eigenvalue weighted by Crippen LogP contribution is 2.34. The maximum Gasteiger partial charge on any atom is 0.267 e. The van der Waals surface area contributed by atoms with Gasteiger partial charge in [-0.15, -0.1) is 0 Å². The standard InChI is InChI=1S/C28H30N4O3S2/c1-18-10-13-30(14-11-18)25-22(26(33)32-17-19(2)4-9-24(32)29-25)16-23-27(34)31(28(36)37-23)15-12-20-5-7-21(35-3)8-6-20/h4-9,16-18H,10-15H2,1-3H3. The van der Waals surface area contributed by atoms with Gasteiger partial charge in [-0.1, -0.05) is 49.1 Å². The van der Waals surface area contributed by atoms with Gasteiger partial charge in [0.2, 0.25) is 0 Å². The normalized spacial score (nSPS) is 17.9. The molecule has 0 bridgehead atoms. The molecule has 0 atom stereocenters. The Morgan fingerprint density at radius 3 is 2.57 bits per heavy atom. The summed E-state index contributed by atoms with van der Waals surface area (Å²) >= 11 is 6.81. The predicted molar refractivity (Wildman–Crippen MR) is 153 cm³/mol. The molecule has 0 radical (unpaired) electrons. The number of nitrogens with zero attached hydrogens (tertiary/aromatic N) is 4. The van der Waals surface area contributed by atoms with E-state index in [0.717, 1.165) is 42.8 Å². The van der Waals surface area contributed by atoms with Gasteiger partial charge in [0.05, 0.1) is 17.6 Å². The van der Waals surface area contributed by atoms with Crippen molar-refractivity contribution in [3.63, 3.8) is 0 Å². The van der Waals surface area contributed by atoms with Crippen LogP contribution in [0, 0.1) is 12.8 Å². The zero-order valence-electron chi connectivity index (χ0n) is 21.3. The molecule has 0 N–H and O–H groups in total. The summed E-state index contributed by atoms with van der Waals surface area (Å²) in [5.41, 5.74) is 2.92. The lowest BCUT2D eigenvalue weighted by Crippen LogP contribution is -2.36. The number of carbonyl (C=O) groups is 1. The minimum atomic E-state index is -0.175. The molecule has 0 unspecified atom stereocenters. The molecule has 5 rings (SSSR count). The van der Waals surface area contributed by atoms with Crippen LogP contribution in [0.4, 0.5) is 5.82 Å². The Morgan fingerprint density at radius 2 is 1.86 bits per heavy atom. The number of fused-ring (bicyclic) bond motifs is 1. The summed E-state index contributed by atoms with van der Waals surface area (Å²) in [5.74, 6) is 1.91. The summed E-state index contributed by atoms with van der Waals surface area (Å²) in [6.45, 7) is 6.33. The molecule has 9 heteroatoms. The number of hydrogen-bond donors (Lipinski definition) is 0. The van der Waals surface area contributed by atoms with Gasteiger partial charge in [0.1, 0.15) is 21.5 Å². The van der Waals surface area contributed by atoms with E-state index in [0.29, 0.717) is 45.1 Å². The van der Waals surface area contributed by atoms with Crippen LogP contribution in [0.3, 0.4) is 0 Å². The zero-order valence-corrected chi connectivity index (χ0v) is 22.9. The average Bonchev–Trinajstić information content (AvgIpc) is 3.17. The van der Waals surface area contributed by atoms with Crippen molar-refractivity contribution in [1.29, 1.82) is 0 Å². The molecule has 1 aromatic carbocycles. The molecule has 2 saturated heterocycles. The number of amides is 1. The average molecular weight is 535 g/mol. The topological polar surface area (TPSA) is 67.2 Å². The maximum absolute atomic E-state index is 13.7. The number of methoxy groups -OCH3 is 1. The Labute approximate surface area is 226 Å². The SMILES string of the molecule is COc1ccc(CCN2C(=O)C(=Cc3c(N4CCC(C)CC4)nc4ccc(C)cn4c3=O)SC2=S)cc1. The second-order valence-electron chi connectivity index (χ2n) is 9.69. The van der Waals surface area contributed by atoms with Crippen LogP contribution in [-0.4, -0.2) is 51.3 Å². The van der Waals surface area contributed by atoms with Crippen molar-refractivity contribution in [3.8, 4) is 5.75 Å². The molecule has 1 amide bonds. The lowest BCUT2D eigenvalue weighted by molar-refractivity contribution is -0.122. The van der Waals surface area contributed by atoms with E-state index in [-0.39, 0.29) is 11.5 Å². The Morgan fingerprint density at radius 1 is 1.14 bits per heavy atom. The van der Waals surface area contributed by atoms with E-state index < -0.39 is 0 Å². The highest BCUT2D eigenvalue weighted by Gasteiger charge is 2.33. The Hall–Kier alpha value is -3.17. The summed E-state index contributed by atoms with van der Waals surface area (Å²) in [4.78, 5) is 36.2. The van der Waals surface area contributed by atoms with E-state index >= 15 is 0 Å². The fourth-order valence-corrected chi connectivity index (χ4v) is 5.98. The van der Waals surface area contributed by atoms with Crippen LogP contribution in [0.2, 0.25) is 0 Å². The summed E-state index contributed by atoms with van der Waals surface area (Å²) in [5, 5.41) is 0. The summed E-state index contributed by atoms with van der Waals surface area (Å²) in [7, 11) is 1.64. The van der Waals surface area contributed by atoms with Crippen LogP contribution < -0.4 is 15.2 Å². The molecule has 4 heterocycles. The molecule has 2 aromatic heterocycles. The first-order chi connectivity index (χ1) is 17.8. The molecule has 3 aromatic rings. The second kappa shape index (κ2) is 10.7. The zero-order chi connectivity index (χ0) is 26.1. The number of piperidine rings is 1. The number of aryl methyl sites for hydroxylation is 1. The van der Waals surface area contributed by atoms with Gasteiger partial charge in [-0.05, 0) is 67.5 Å². The maximum atomic E-state index is 13.7. The van der Waals surface area contributed by atoms with Crippen LogP contribution in [0.1, 0.15) is 36.5 Å². The second-order valence-corrected chi connectivity index (χ2v) is 11.4. The van der Waals surface area contributed by atoms with Crippen molar-refractivity contribution in [2.24, 2.45) is 5.92 Å². The minimum Gasteiger partial charge on any atom is -0.497 e. The van der Waals surface area contributed by atoms with Gasteiger partial charge in [0.25, 0.3) is 11.5 Å². The molecule has 2 aliphatic heterocycles. The van der Waals surface area contributed by atoms with Gasteiger partial charge < -0.3 is 9.64 Å². The number of pyridine rings is 1. The first-order valence-corrected chi connectivity index (χ1v) is 13.7. The summed E-state index contributed by atoms with van der Waals surface area (Å²) < 4.78 is 7.30. The first kappa shape index (κ1) is 25.5. The van der Waals surface area contributed by atoms with Crippen LogP contribution in [-0.2, 0) is 11.2 Å². The van der Waals surface area contributed by atoms with Crippen molar-refractivity contribution in [2.75, 3.05) is 31.6 Å². The quantitative estimate of drug-likeness (QED) is 0.336. The van der Waals surface area contributed by atoms with E-state index in [1.807, 2.05) is 43.3 Å². The molecule has 0 saturated carbocycles. The van der Waals surface area contributed by atoms with Crippen molar-refractivity contribution in [2.45, 2.75) is 33.1 Å². The van der Waals surface area contributed by atoms with Gasteiger partial charge in [0, 0.05) is 25.8 Å². The number of hydrogen-bond acceptors (Lipinski definition) is 7. The van der Waals surface area contributed by atoms with Crippen LogP contribution >= 0.6 is 24.0 Å². The van der Waals surface area contributed by atoms with E-state index in [4.69, 9.17) is 21.9 Å². The van der Waals surface area contributed by atoms with Crippen molar-refractivity contribution < 1.29 is 9.53 Å². The van der Waals surface area contributed by atoms with E-state index in [1.54, 1.807) is 28.7 Å². The molecule has 0 aliphatic carbocycles. The molecular formula is C28H30N4O3S2. The summed E-state index contributed by atoms with van der Waals surface area (Å²) in [6, 6.07) is 11.6. The Bertz CT molecular complexity index is 1440. The molecule has 0 spiro atoms. The van der Waals surface area contributed by atoms with E-state index in [1.165, 1.54) is 11.8 Å². The number of benzene rings is 1. The van der Waals surface area contributed by atoms with Crippen LogP contribution in [0.25, 0.3) is 11.7 Å². The van der Waals surface area contributed by atoms with Crippen molar-refractivity contribution in [1.82, 2.24) is 14.3 Å². The lowest BCUT2D eigenvalue weighted by atomic mass is 9.99. The Balaban J connectivity index is 1.47. The lowest BCUT2D eigenvalue weighted by Gasteiger charge is -2.32. The van der Waals surface area contributed by atoms with Crippen LogP contribution in [0.15, 0.2) is 52.3 Å². The van der Waals surface area contributed by atoms with Crippen LogP contribution in [0.5, 0.6) is 5.75 Å². The third-order valence-corrected chi connectivity index (χ3v) is 8.38. The fraction of sp³-hybridized carbons (Fsp3) is 0.357. The first-order valence-electron chi connectivity index (χ1n) is 12.5. The molecule has 37 heavy (non-hydrogen) atoms. The van der Waals surface area contributed by atoms with E-state index in [2.05, 4.69) is 11.8 Å². The van der Waals surface area contributed by atoms with Gasteiger partial charge >= 0.3 is 0 Å². The molecule has 2 fully saturated rings. The molecule has 7 nitrogen and oxygen atoms in total. The number of aromatic nitrogens is 2. The number of carbonyl (C=O) groups excluding carboxylic acids is 1. The molecule has 192 valence electrons. The Kier molecular flexibility index (Phi) is 7.35. The van der Waals surface area contributed by atoms with Gasteiger partial charge in [-0.2, -0.15) is 0 Å². The fourth-order valence-electron chi connectivity index (χ4n) is 4.69. The highest BCUT2D eigenvalue weighted by atomic mass is 32.2. The number of thiocarbonyl (C=S) groups is 1. The van der Waals surface area contributed by atoms with E-state index in [9.17, 15) is 9.59 Å². The number of rotatable bonds is 6. The third kappa shape index (κ3) is 5.29.